The highest BCUT2D eigenvalue weighted by Crippen LogP contribution is 2.52. The van der Waals surface area contributed by atoms with E-state index in [2.05, 4.69) is 24.9 Å². The molecule has 3 aromatic heterocycles. The molecule has 7 nitrogen and oxygen atoms in total. The normalized spacial score (nSPS) is 20.2. The highest BCUT2D eigenvalue weighted by Gasteiger charge is 2.43. The van der Waals surface area contributed by atoms with Gasteiger partial charge in [-0.3, -0.25) is 4.79 Å². The van der Waals surface area contributed by atoms with Gasteiger partial charge in [0, 0.05) is 36.0 Å². The van der Waals surface area contributed by atoms with Crippen LogP contribution in [-0.4, -0.2) is 24.9 Å². The van der Waals surface area contributed by atoms with Gasteiger partial charge in [0.2, 0.25) is 0 Å². The second-order valence-electron chi connectivity index (χ2n) is 5.58. The molecule has 0 saturated heterocycles. The Bertz CT molecular complexity index is 935. The minimum Gasteiger partial charge on any atom is -0.384 e. The van der Waals surface area contributed by atoms with E-state index in [4.69, 9.17) is 5.73 Å². The van der Waals surface area contributed by atoms with Crippen molar-refractivity contribution in [3.63, 3.8) is 0 Å². The molecule has 1 aliphatic rings. The summed E-state index contributed by atoms with van der Waals surface area (Å²) in [5.74, 6) is 2.18. The first-order valence-corrected chi connectivity index (χ1v) is 7.07. The number of aryl methyl sites for hydroxylation is 1. The summed E-state index contributed by atoms with van der Waals surface area (Å²) in [6, 6.07) is 3.49. The number of hydrogen-bond acceptors (Lipinski definition) is 6. The zero-order chi connectivity index (χ0) is 15.3. The summed E-state index contributed by atoms with van der Waals surface area (Å²) in [5.41, 5.74) is 6.99. The van der Waals surface area contributed by atoms with Crippen LogP contribution < -0.4 is 11.3 Å². The fourth-order valence-electron chi connectivity index (χ4n) is 2.67. The van der Waals surface area contributed by atoms with Crippen molar-refractivity contribution in [1.82, 2.24) is 24.9 Å². The quantitative estimate of drug-likeness (QED) is 0.736. The van der Waals surface area contributed by atoms with Crippen LogP contribution in [0.3, 0.4) is 0 Å². The molecular weight excluding hydrogens is 280 g/mol. The van der Waals surface area contributed by atoms with Crippen LogP contribution in [0.1, 0.15) is 35.6 Å². The molecular formula is C15H14N6O. The van der Waals surface area contributed by atoms with E-state index in [1.54, 1.807) is 12.3 Å². The Labute approximate surface area is 125 Å². The van der Waals surface area contributed by atoms with E-state index < -0.39 is 0 Å². The van der Waals surface area contributed by atoms with Gasteiger partial charge >= 0.3 is 0 Å². The Morgan fingerprint density at radius 2 is 2.14 bits per heavy atom. The van der Waals surface area contributed by atoms with Crippen molar-refractivity contribution >= 4 is 16.7 Å². The molecule has 1 fully saturated rings. The minimum atomic E-state index is -0.191. The van der Waals surface area contributed by atoms with Crippen molar-refractivity contribution in [1.29, 1.82) is 0 Å². The second-order valence-corrected chi connectivity index (χ2v) is 5.58. The van der Waals surface area contributed by atoms with Crippen molar-refractivity contribution < 1.29 is 0 Å². The Balaban J connectivity index is 1.72. The lowest BCUT2D eigenvalue weighted by atomic mass is 10.2. The Kier molecular flexibility index (Phi) is 2.69. The van der Waals surface area contributed by atoms with Crippen LogP contribution in [0.2, 0.25) is 0 Å². The molecule has 4 rings (SSSR count). The van der Waals surface area contributed by atoms with Crippen LogP contribution in [0.4, 0.5) is 5.82 Å². The van der Waals surface area contributed by atoms with Crippen molar-refractivity contribution in [3.8, 4) is 0 Å². The van der Waals surface area contributed by atoms with Crippen LogP contribution in [0, 0.1) is 6.92 Å². The van der Waals surface area contributed by atoms with Gasteiger partial charge in [0.25, 0.3) is 5.56 Å². The zero-order valence-electron chi connectivity index (χ0n) is 11.9. The maximum absolute atomic E-state index is 12.1. The lowest BCUT2D eigenvalue weighted by Crippen LogP contribution is -2.12. The summed E-state index contributed by atoms with van der Waals surface area (Å²) in [5, 5.41) is 0.446. The number of pyridine rings is 1. The van der Waals surface area contributed by atoms with E-state index >= 15 is 0 Å². The van der Waals surface area contributed by atoms with Crippen LogP contribution >= 0.6 is 0 Å². The summed E-state index contributed by atoms with van der Waals surface area (Å²) >= 11 is 0. The number of H-pyrrole nitrogens is 1. The first kappa shape index (κ1) is 12.9. The van der Waals surface area contributed by atoms with Gasteiger partial charge in [0.1, 0.15) is 17.5 Å². The third-order valence-electron chi connectivity index (χ3n) is 3.92. The number of nitrogens with two attached hydrogens (primary N) is 1. The third kappa shape index (κ3) is 2.11. The molecule has 7 heteroatoms. The van der Waals surface area contributed by atoms with Gasteiger partial charge in [-0.15, -0.1) is 0 Å². The van der Waals surface area contributed by atoms with Gasteiger partial charge in [0.05, 0.1) is 10.9 Å². The molecule has 1 saturated carbocycles. The monoisotopic (exact) mass is 294 g/mol. The van der Waals surface area contributed by atoms with E-state index in [0.29, 0.717) is 22.5 Å². The third-order valence-corrected chi connectivity index (χ3v) is 3.92. The standard InChI is InChI=1S/C15H14N6O/c1-7-2-3-17-13(19-7)8-4-9(8)14-20-11-5-12(16)18-6-10(11)15(22)21-14/h2-3,5-6,8-9H,4H2,1H3,(H2,16,18)(H,20,21,22)/t8-,9-/m0/s1. The number of nitrogens with zero attached hydrogens (tertiary/aromatic N) is 4. The van der Waals surface area contributed by atoms with E-state index in [9.17, 15) is 4.79 Å². The van der Waals surface area contributed by atoms with Crippen molar-refractivity contribution in [2.45, 2.75) is 25.2 Å². The van der Waals surface area contributed by atoms with E-state index in [0.717, 1.165) is 17.9 Å². The first-order valence-electron chi connectivity index (χ1n) is 7.07. The molecule has 2 atom stereocenters. The zero-order valence-corrected chi connectivity index (χ0v) is 11.9. The van der Waals surface area contributed by atoms with E-state index in [1.165, 1.54) is 6.20 Å². The van der Waals surface area contributed by atoms with Gasteiger partial charge in [0.15, 0.2) is 0 Å². The lowest BCUT2D eigenvalue weighted by Gasteiger charge is -2.03. The largest absolute Gasteiger partial charge is 0.384 e. The fraction of sp³-hybridized carbons (Fsp3) is 0.267. The fourth-order valence-corrected chi connectivity index (χ4v) is 2.67. The molecule has 3 aromatic rings. The Hall–Kier alpha value is -2.83. The molecule has 22 heavy (non-hydrogen) atoms. The highest BCUT2D eigenvalue weighted by molar-refractivity contribution is 5.78. The van der Waals surface area contributed by atoms with Crippen LogP contribution in [0.5, 0.6) is 0 Å². The highest BCUT2D eigenvalue weighted by atomic mass is 16.1. The number of anilines is 1. The number of aromatic nitrogens is 5. The number of hydrogen-bond donors (Lipinski definition) is 2. The second kappa shape index (κ2) is 4.59. The van der Waals surface area contributed by atoms with Gasteiger partial charge in [-0.05, 0) is 19.4 Å². The number of fused-ring (bicyclic) bond motifs is 1. The predicted molar refractivity (Wildman–Crippen MR) is 81.4 cm³/mol. The maximum atomic E-state index is 12.1. The summed E-state index contributed by atoms with van der Waals surface area (Å²) in [4.78, 5) is 32.2. The maximum Gasteiger partial charge on any atom is 0.260 e. The Morgan fingerprint density at radius 3 is 2.95 bits per heavy atom. The van der Waals surface area contributed by atoms with Crippen LogP contribution in [0.15, 0.2) is 29.3 Å². The molecule has 0 unspecified atom stereocenters. The number of nitrogens with one attached hydrogen (secondary N) is 1. The summed E-state index contributed by atoms with van der Waals surface area (Å²) in [7, 11) is 0. The molecule has 1 aliphatic carbocycles. The molecule has 0 radical (unpaired) electrons. The molecule has 0 spiro atoms. The van der Waals surface area contributed by atoms with E-state index in [-0.39, 0.29) is 17.4 Å². The summed E-state index contributed by atoms with van der Waals surface area (Å²) in [6.45, 7) is 1.94. The van der Waals surface area contributed by atoms with Gasteiger partial charge in [-0.2, -0.15) is 0 Å². The average molecular weight is 294 g/mol. The SMILES string of the molecule is Cc1ccnc([C@H]2C[C@@H]2c2nc3cc(N)ncc3c(=O)[nH]2)n1. The lowest BCUT2D eigenvalue weighted by molar-refractivity contribution is 0.839. The molecule has 3 heterocycles. The number of nitrogen functional groups attached to an aromatic ring is 1. The molecule has 0 amide bonds. The molecule has 3 N–H and O–H groups in total. The number of rotatable bonds is 2. The molecule has 110 valence electrons. The summed E-state index contributed by atoms with van der Waals surface area (Å²) in [6.07, 6.45) is 4.10. The minimum absolute atomic E-state index is 0.147. The van der Waals surface area contributed by atoms with Gasteiger partial charge in [-0.1, -0.05) is 0 Å². The van der Waals surface area contributed by atoms with Crippen LogP contribution in [-0.2, 0) is 0 Å². The Morgan fingerprint density at radius 1 is 1.27 bits per heavy atom. The first-order chi connectivity index (χ1) is 10.6. The van der Waals surface area contributed by atoms with Crippen LogP contribution in [0.25, 0.3) is 10.9 Å². The van der Waals surface area contributed by atoms with Crippen molar-refractivity contribution in [2.75, 3.05) is 5.73 Å². The summed E-state index contributed by atoms with van der Waals surface area (Å²) < 4.78 is 0. The van der Waals surface area contributed by atoms with Crippen molar-refractivity contribution in [2.24, 2.45) is 0 Å². The van der Waals surface area contributed by atoms with Gasteiger partial charge < -0.3 is 10.7 Å². The van der Waals surface area contributed by atoms with E-state index in [1.807, 2.05) is 13.0 Å². The topological polar surface area (TPSA) is 110 Å². The van der Waals surface area contributed by atoms with Gasteiger partial charge in [-0.25, -0.2) is 19.9 Å². The molecule has 0 aromatic carbocycles. The smallest absolute Gasteiger partial charge is 0.260 e. The predicted octanol–water partition coefficient (Wildman–Crippen LogP) is 1.27. The van der Waals surface area contributed by atoms with Crippen molar-refractivity contribution in [3.05, 3.63) is 52.2 Å². The molecule has 0 bridgehead atoms. The number of aromatic amines is 1. The molecule has 0 aliphatic heterocycles. The average Bonchev–Trinajstić information content (AvgIpc) is 3.27.